The van der Waals surface area contributed by atoms with Crippen LogP contribution in [0.5, 0.6) is 11.5 Å². The van der Waals surface area contributed by atoms with E-state index in [2.05, 4.69) is 0 Å². The van der Waals surface area contributed by atoms with Crippen LogP contribution in [-0.2, 0) is 30.4 Å². The van der Waals surface area contributed by atoms with Crippen molar-refractivity contribution in [3.63, 3.8) is 0 Å². The Morgan fingerprint density at radius 2 is 1.57 bits per heavy atom. The zero-order valence-electron chi connectivity index (χ0n) is 23.3. The lowest BCUT2D eigenvalue weighted by atomic mass is 9.83. The number of nitrogens with zero attached hydrogens (tertiary/aromatic N) is 2. The highest BCUT2D eigenvalue weighted by molar-refractivity contribution is 8.00. The molecular weight excluding hydrogens is 584 g/mol. The van der Waals surface area contributed by atoms with Gasteiger partial charge in [-0.25, -0.2) is 9.69 Å². The van der Waals surface area contributed by atoms with Crippen LogP contribution in [0.3, 0.4) is 0 Å². The summed E-state index contributed by atoms with van der Waals surface area (Å²) >= 11 is 2.04. The number of ether oxygens (including phenoxy) is 4. The van der Waals surface area contributed by atoms with Crippen LogP contribution in [0.4, 0.5) is 5.69 Å². The summed E-state index contributed by atoms with van der Waals surface area (Å²) in [5.41, 5.74) is 1.25. The summed E-state index contributed by atoms with van der Waals surface area (Å²) in [5, 5.41) is -0.435. The molecule has 2 aliphatic rings. The average molecular weight is 613 g/mol. The minimum absolute atomic E-state index is 0.156. The Morgan fingerprint density at radius 1 is 0.881 bits per heavy atom. The zero-order valence-corrected chi connectivity index (χ0v) is 24.9. The Hall–Kier alpha value is -4.10. The lowest BCUT2D eigenvalue weighted by Crippen LogP contribution is -2.32. The number of fused-ring (bicyclic) bond motifs is 2. The van der Waals surface area contributed by atoms with E-state index >= 15 is 0 Å². The molecule has 0 aliphatic carbocycles. The van der Waals surface area contributed by atoms with Gasteiger partial charge in [-0.2, -0.15) is 0 Å². The number of rotatable bonds is 9. The third-order valence-electron chi connectivity index (χ3n) is 7.05. The van der Waals surface area contributed by atoms with Gasteiger partial charge in [0.25, 0.3) is 0 Å². The van der Waals surface area contributed by atoms with Crippen molar-refractivity contribution in [2.24, 2.45) is 5.92 Å². The van der Waals surface area contributed by atoms with Gasteiger partial charge in [-0.3, -0.25) is 23.7 Å². The first-order valence-corrected chi connectivity index (χ1v) is 14.9. The van der Waals surface area contributed by atoms with Gasteiger partial charge < -0.3 is 18.9 Å². The van der Waals surface area contributed by atoms with Crippen LogP contribution in [-0.4, -0.2) is 61.0 Å². The number of methoxy groups -OCH3 is 2. The number of carbonyl (C=O) groups excluding carboxylic acids is 4. The van der Waals surface area contributed by atoms with Gasteiger partial charge in [-0.15, -0.1) is 0 Å². The number of imide groups is 1. The first-order valence-electron chi connectivity index (χ1n) is 13.2. The maximum absolute atomic E-state index is 14.1. The molecule has 1 saturated heterocycles. The SMILES string of the molecule is CCOC(=O)Cn1c2c(sc1=O)C(c1ccc(OC)c(OC)c1)C1C(=O)N(c3ccc(C(=O)OCC)cc3)C(=O)C1S2. The molecule has 220 valence electrons. The fraction of sp³-hybridized carbons (Fsp3) is 0.345. The van der Waals surface area contributed by atoms with Crippen molar-refractivity contribution >= 4 is 52.5 Å². The highest BCUT2D eigenvalue weighted by atomic mass is 32.2. The lowest BCUT2D eigenvalue weighted by Gasteiger charge is -2.31. The molecule has 2 aliphatic heterocycles. The molecule has 42 heavy (non-hydrogen) atoms. The van der Waals surface area contributed by atoms with E-state index in [-0.39, 0.29) is 19.8 Å². The number of hydrogen-bond donors (Lipinski definition) is 0. The Kier molecular flexibility index (Phi) is 8.41. The third kappa shape index (κ3) is 5.07. The molecule has 2 aromatic carbocycles. The van der Waals surface area contributed by atoms with E-state index in [1.165, 1.54) is 43.1 Å². The van der Waals surface area contributed by atoms with Crippen molar-refractivity contribution in [3.05, 3.63) is 68.1 Å². The van der Waals surface area contributed by atoms with E-state index in [9.17, 15) is 24.0 Å². The topological polar surface area (TPSA) is 130 Å². The number of esters is 2. The number of thiazole rings is 1. The average Bonchev–Trinajstić information content (AvgIpc) is 3.43. The van der Waals surface area contributed by atoms with Crippen LogP contribution in [0.15, 0.2) is 52.3 Å². The Morgan fingerprint density at radius 3 is 2.21 bits per heavy atom. The van der Waals surface area contributed by atoms with E-state index < -0.39 is 45.7 Å². The number of benzene rings is 2. The monoisotopic (exact) mass is 612 g/mol. The second-order valence-corrected chi connectivity index (χ2v) is 11.5. The molecule has 5 rings (SSSR count). The van der Waals surface area contributed by atoms with Gasteiger partial charge in [-0.1, -0.05) is 29.2 Å². The maximum atomic E-state index is 14.1. The number of thioether (sulfide) groups is 1. The molecule has 0 bridgehead atoms. The van der Waals surface area contributed by atoms with Crippen LogP contribution in [0.1, 0.15) is 40.6 Å². The molecule has 0 radical (unpaired) electrons. The molecule has 0 saturated carbocycles. The smallest absolute Gasteiger partial charge is 0.338 e. The predicted octanol–water partition coefficient (Wildman–Crippen LogP) is 3.46. The molecular formula is C29H28N2O9S2. The zero-order chi connectivity index (χ0) is 30.1. The molecule has 0 N–H and O–H groups in total. The fourth-order valence-electron chi connectivity index (χ4n) is 5.21. The van der Waals surface area contributed by atoms with Crippen molar-refractivity contribution in [2.75, 3.05) is 32.3 Å². The van der Waals surface area contributed by atoms with Crippen LogP contribution in [0.25, 0.3) is 0 Å². The standard InChI is InChI=1S/C29H28N2O9S2/c1-5-39-20(32)14-30-27-24(42-29(30)36)21(16-9-12-18(37-3)19(13-16)38-4)22-23(41-27)26(34)31(25(22)33)17-10-7-15(8-11-17)28(35)40-6-2/h7-13,21-23H,5-6,14H2,1-4H3. The van der Waals surface area contributed by atoms with Crippen molar-refractivity contribution in [3.8, 4) is 11.5 Å². The maximum Gasteiger partial charge on any atom is 0.338 e. The molecule has 11 nitrogen and oxygen atoms in total. The number of amides is 2. The van der Waals surface area contributed by atoms with Crippen molar-refractivity contribution in [2.45, 2.75) is 36.6 Å². The fourth-order valence-corrected chi connectivity index (χ4v) is 7.99. The molecule has 3 aromatic rings. The normalized spacial score (nSPS) is 19.2. The van der Waals surface area contributed by atoms with Crippen molar-refractivity contribution in [1.29, 1.82) is 0 Å². The number of carbonyl (C=O) groups is 4. The molecule has 3 unspecified atom stereocenters. The summed E-state index contributed by atoms with van der Waals surface area (Å²) in [7, 11) is 3.00. The minimum Gasteiger partial charge on any atom is -0.493 e. The minimum atomic E-state index is -0.879. The Balaban J connectivity index is 1.61. The summed E-state index contributed by atoms with van der Waals surface area (Å²) in [6, 6.07) is 11.3. The second-order valence-electron chi connectivity index (χ2n) is 9.36. The lowest BCUT2D eigenvalue weighted by molar-refractivity contribution is -0.144. The van der Waals surface area contributed by atoms with Crippen LogP contribution >= 0.6 is 23.1 Å². The summed E-state index contributed by atoms with van der Waals surface area (Å²) in [6.45, 7) is 3.43. The Bertz CT molecular complexity index is 1610. The van der Waals surface area contributed by atoms with Gasteiger partial charge in [-0.05, 0) is 55.8 Å². The summed E-state index contributed by atoms with van der Waals surface area (Å²) in [5.74, 6) is -2.63. The van der Waals surface area contributed by atoms with Crippen molar-refractivity contribution in [1.82, 2.24) is 4.57 Å². The number of hydrogen-bond acceptors (Lipinski definition) is 11. The molecule has 13 heteroatoms. The largest absolute Gasteiger partial charge is 0.493 e. The highest BCUT2D eigenvalue weighted by Gasteiger charge is 2.57. The molecule has 3 heterocycles. The second kappa shape index (κ2) is 12.0. The van der Waals surface area contributed by atoms with Crippen LogP contribution in [0, 0.1) is 5.92 Å². The van der Waals surface area contributed by atoms with Gasteiger partial charge in [0.1, 0.15) is 11.8 Å². The van der Waals surface area contributed by atoms with Gasteiger partial charge in [0.15, 0.2) is 11.5 Å². The summed E-state index contributed by atoms with van der Waals surface area (Å²) in [4.78, 5) is 66.9. The van der Waals surface area contributed by atoms with Crippen molar-refractivity contribution < 1.29 is 38.1 Å². The van der Waals surface area contributed by atoms with E-state index in [1.54, 1.807) is 32.0 Å². The number of anilines is 1. The van der Waals surface area contributed by atoms with E-state index in [4.69, 9.17) is 18.9 Å². The highest BCUT2D eigenvalue weighted by Crippen LogP contribution is 2.54. The third-order valence-corrected chi connectivity index (χ3v) is 9.65. The van der Waals surface area contributed by atoms with E-state index in [1.807, 2.05) is 0 Å². The van der Waals surface area contributed by atoms with Gasteiger partial charge >= 0.3 is 16.8 Å². The van der Waals surface area contributed by atoms with E-state index in [0.717, 1.165) is 28.0 Å². The van der Waals surface area contributed by atoms with E-state index in [0.29, 0.717) is 38.2 Å². The molecule has 3 atom stereocenters. The molecule has 2 amide bonds. The molecule has 1 aromatic heterocycles. The predicted molar refractivity (Wildman–Crippen MR) is 155 cm³/mol. The first kappa shape index (κ1) is 29.4. The molecule has 1 fully saturated rings. The summed E-state index contributed by atoms with van der Waals surface area (Å²) in [6.07, 6.45) is 0. The Labute approximate surface area is 249 Å². The van der Waals surface area contributed by atoms with Gasteiger partial charge in [0.2, 0.25) is 11.8 Å². The summed E-state index contributed by atoms with van der Waals surface area (Å²) < 4.78 is 22.3. The molecule has 0 spiro atoms. The number of aromatic nitrogens is 1. The van der Waals surface area contributed by atoms with Gasteiger partial charge in [0.05, 0.1) is 49.6 Å². The van der Waals surface area contributed by atoms with Crippen LogP contribution in [0.2, 0.25) is 0 Å². The van der Waals surface area contributed by atoms with Crippen LogP contribution < -0.4 is 19.2 Å². The quantitative estimate of drug-likeness (QED) is 0.262. The first-order chi connectivity index (χ1) is 20.2. The van der Waals surface area contributed by atoms with Gasteiger partial charge in [0, 0.05) is 10.8 Å².